The Kier molecular flexibility index (Phi) is 19.7. The lowest BCUT2D eigenvalue weighted by Crippen LogP contribution is -2.40. The number of likely N-dealkylation sites (N-methyl/N-ethyl adjacent to an activating group) is 1. The standard InChI is InChI=1S/C29H60NO6P/c1-5-6-7-8-9-10-11-12-13-14-15-16-17-18-19-20-24-33-27-29(22-21-25-34-29)28-36-37(31,32)35-26-23-30(2,3)4/h5-28H2,1-4H3/i29+2. The fraction of sp³-hybridized carbons (Fsp3) is 1.00. The Morgan fingerprint density at radius 1 is 0.757 bits per heavy atom. The first-order valence-electron chi connectivity index (χ1n) is 15.3. The summed E-state index contributed by atoms with van der Waals surface area (Å²) in [5.41, 5.74) is -0.682. The van der Waals surface area contributed by atoms with Crippen LogP contribution in [0.5, 0.6) is 0 Å². The van der Waals surface area contributed by atoms with Crippen LogP contribution in [0, 0.1) is 0 Å². The van der Waals surface area contributed by atoms with Crippen LogP contribution in [0.3, 0.4) is 0 Å². The van der Waals surface area contributed by atoms with E-state index < -0.39 is 13.4 Å². The summed E-state index contributed by atoms with van der Waals surface area (Å²) in [6.07, 6.45) is 23.2. The minimum atomic E-state index is -4.35. The van der Waals surface area contributed by atoms with Gasteiger partial charge in [0.2, 0.25) is 0 Å². The van der Waals surface area contributed by atoms with E-state index in [1.165, 1.54) is 96.3 Å². The Bertz CT molecular complexity index is 577. The molecule has 1 aliphatic rings. The molecule has 8 heteroatoms. The molecule has 1 saturated heterocycles. The molecule has 0 amide bonds. The molecular weight excluding hydrogens is 491 g/mol. The lowest BCUT2D eigenvalue weighted by atomic mass is 10.0. The second-order valence-corrected chi connectivity index (χ2v) is 13.5. The number of phosphoric acid groups is 1. The minimum absolute atomic E-state index is 0.0445. The van der Waals surface area contributed by atoms with Crippen LogP contribution < -0.4 is 4.89 Å². The van der Waals surface area contributed by atoms with E-state index in [-0.39, 0.29) is 13.2 Å². The van der Waals surface area contributed by atoms with Crippen LogP contribution in [0.15, 0.2) is 0 Å². The number of phosphoric ester groups is 1. The van der Waals surface area contributed by atoms with Crippen molar-refractivity contribution in [3.63, 3.8) is 0 Å². The van der Waals surface area contributed by atoms with Crippen molar-refractivity contribution < 1.29 is 32.5 Å². The molecule has 0 aromatic heterocycles. The van der Waals surface area contributed by atoms with E-state index in [0.29, 0.717) is 30.8 Å². The van der Waals surface area contributed by atoms with Crippen molar-refractivity contribution in [3.05, 3.63) is 0 Å². The van der Waals surface area contributed by atoms with Crippen LogP contribution in [0.2, 0.25) is 0 Å². The quantitative estimate of drug-likeness (QED) is 0.0653. The van der Waals surface area contributed by atoms with Crippen molar-refractivity contribution in [3.8, 4) is 0 Å². The average molecular weight is 552 g/mol. The number of hydrogen-bond donors (Lipinski definition) is 0. The molecule has 0 saturated carbocycles. The SMILES string of the molecule is CCCCCCCCCCCCCCCCCCOC[14C]1(COP(=O)([O-])OCC[N+](C)(C)C)CCCO1. The Balaban J connectivity index is 1.99. The third-order valence-corrected chi connectivity index (χ3v) is 8.13. The van der Waals surface area contributed by atoms with E-state index in [1.54, 1.807) is 0 Å². The lowest BCUT2D eigenvalue weighted by molar-refractivity contribution is -0.870. The van der Waals surface area contributed by atoms with Crippen LogP contribution in [-0.4, -0.2) is 70.8 Å². The van der Waals surface area contributed by atoms with Gasteiger partial charge in [-0.3, -0.25) is 4.57 Å². The van der Waals surface area contributed by atoms with Crippen molar-refractivity contribution in [1.29, 1.82) is 0 Å². The van der Waals surface area contributed by atoms with Gasteiger partial charge in [0.15, 0.2) is 0 Å². The summed E-state index contributed by atoms with van der Waals surface area (Å²) < 4.78 is 34.7. The predicted octanol–water partition coefficient (Wildman–Crippen LogP) is 7.02. The molecule has 0 bridgehead atoms. The van der Waals surface area contributed by atoms with Gasteiger partial charge in [0.1, 0.15) is 18.8 Å². The molecule has 1 rings (SSSR count). The zero-order chi connectivity index (χ0) is 27.3. The van der Waals surface area contributed by atoms with E-state index in [4.69, 9.17) is 18.5 Å². The molecule has 1 aliphatic heterocycles. The maximum absolute atomic E-state index is 12.1. The highest BCUT2D eigenvalue weighted by Gasteiger charge is 2.37. The Labute approximate surface area is 229 Å². The Hall–Kier alpha value is -0.0100. The minimum Gasteiger partial charge on any atom is -0.756 e. The smallest absolute Gasteiger partial charge is 0.268 e. The molecule has 0 spiro atoms. The maximum Gasteiger partial charge on any atom is 0.268 e. The number of rotatable bonds is 26. The zero-order valence-electron chi connectivity index (χ0n) is 24.8. The van der Waals surface area contributed by atoms with E-state index in [0.717, 1.165) is 19.3 Å². The number of hydrogen-bond acceptors (Lipinski definition) is 6. The molecule has 37 heavy (non-hydrogen) atoms. The molecule has 222 valence electrons. The van der Waals surface area contributed by atoms with Gasteiger partial charge in [0.25, 0.3) is 7.82 Å². The largest absolute Gasteiger partial charge is 0.756 e. The second kappa shape index (κ2) is 20.8. The van der Waals surface area contributed by atoms with Gasteiger partial charge in [0.05, 0.1) is 34.4 Å². The highest BCUT2D eigenvalue weighted by atomic mass is 31.2. The third kappa shape index (κ3) is 20.5. The molecule has 0 aliphatic carbocycles. The van der Waals surface area contributed by atoms with Gasteiger partial charge >= 0.3 is 0 Å². The zero-order valence-corrected chi connectivity index (χ0v) is 25.7. The summed E-state index contributed by atoms with van der Waals surface area (Å²) in [6.45, 7) is 4.57. The molecule has 7 nitrogen and oxygen atoms in total. The molecule has 1 heterocycles. The highest BCUT2D eigenvalue weighted by Crippen LogP contribution is 2.41. The molecule has 0 radical (unpaired) electrons. The van der Waals surface area contributed by atoms with Crippen LogP contribution in [0.25, 0.3) is 0 Å². The van der Waals surface area contributed by atoms with Crippen molar-refractivity contribution in [2.75, 3.05) is 60.7 Å². The third-order valence-electron chi connectivity index (χ3n) is 7.19. The Morgan fingerprint density at radius 2 is 1.27 bits per heavy atom. The Morgan fingerprint density at radius 3 is 1.73 bits per heavy atom. The van der Waals surface area contributed by atoms with Crippen molar-refractivity contribution in [1.82, 2.24) is 0 Å². The van der Waals surface area contributed by atoms with E-state index >= 15 is 0 Å². The van der Waals surface area contributed by atoms with E-state index in [2.05, 4.69) is 6.92 Å². The number of ether oxygens (including phenoxy) is 2. The van der Waals surface area contributed by atoms with Crippen LogP contribution in [0.4, 0.5) is 0 Å². The number of nitrogens with zero attached hydrogens (tertiary/aromatic N) is 1. The van der Waals surface area contributed by atoms with Crippen molar-refractivity contribution in [2.45, 2.75) is 128 Å². The first kappa shape index (κ1) is 35.0. The van der Waals surface area contributed by atoms with Gasteiger partial charge in [-0.15, -0.1) is 0 Å². The highest BCUT2D eigenvalue weighted by molar-refractivity contribution is 7.45. The molecular formula is C29H60NO6P. The topological polar surface area (TPSA) is 77.1 Å². The lowest BCUT2D eigenvalue weighted by Gasteiger charge is -2.32. The van der Waals surface area contributed by atoms with E-state index in [1.807, 2.05) is 21.1 Å². The normalized spacial score (nSPS) is 19.9. The summed E-state index contributed by atoms with van der Waals surface area (Å²) in [4.78, 5) is 12.1. The van der Waals surface area contributed by atoms with Gasteiger partial charge in [-0.2, -0.15) is 0 Å². The monoisotopic (exact) mass is 551 g/mol. The summed E-state index contributed by atoms with van der Waals surface area (Å²) in [6, 6.07) is 0. The molecule has 0 aromatic carbocycles. The number of unbranched alkanes of at least 4 members (excludes halogenated alkanes) is 15. The maximum atomic E-state index is 12.1. The number of quaternary nitrogens is 1. The van der Waals surface area contributed by atoms with Gasteiger partial charge in [-0.1, -0.05) is 103 Å². The summed E-state index contributed by atoms with van der Waals surface area (Å²) in [5, 5.41) is 0. The summed E-state index contributed by atoms with van der Waals surface area (Å²) in [5.74, 6) is 0. The molecule has 0 N–H and O–H groups in total. The van der Waals surface area contributed by atoms with E-state index in [9.17, 15) is 9.46 Å². The molecule has 1 fully saturated rings. The first-order chi connectivity index (χ1) is 17.7. The van der Waals surface area contributed by atoms with Crippen LogP contribution >= 0.6 is 7.82 Å². The van der Waals surface area contributed by atoms with Crippen LogP contribution in [-0.2, 0) is 23.1 Å². The fourth-order valence-corrected chi connectivity index (χ4v) is 5.47. The van der Waals surface area contributed by atoms with Crippen LogP contribution in [0.1, 0.15) is 122 Å². The first-order valence-corrected chi connectivity index (χ1v) is 16.8. The fourth-order valence-electron chi connectivity index (χ4n) is 4.70. The predicted molar refractivity (Wildman–Crippen MR) is 151 cm³/mol. The van der Waals surface area contributed by atoms with Gasteiger partial charge in [-0.25, -0.2) is 0 Å². The molecule has 2 atom stereocenters. The van der Waals surface area contributed by atoms with Gasteiger partial charge in [-0.05, 0) is 19.3 Å². The second-order valence-electron chi connectivity index (χ2n) is 12.1. The molecule has 2 unspecified atom stereocenters. The van der Waals surface area contributed by atoms with Gasteiger partial charge in [0, 0.05) is 13.2 Å². The average Bonchev–Trinajstić information content (AvgIpc) is 3.30. The van der Waals surface area contributed by atoms with Crippen molar-refractivity contribution >= 4 is 7.82 Å². The van der Waals surface area contributed by atoms with Crippen molar-refractivity contribution in [2.24, 2.45) is 0 Å². The summed E-state index contributed by atoms with van der Waals surface area (Å²) in [7, 11) is 1.60. The van der Waals surface area contributed by atoms with Gasteiger partial charge < -0.3 is 27.9 Å². The molecule has 0 aromatic rings. The summed E-state index contributed by atoms with van der Waals surface area (Å²) >= 11 is 0.